The molecule has 0 fully saturated rings. The summed E-state index contributed by atoms with van der Waals surface area (Å²) in [6, 6.07) is 12.5. The van der Waals surface area contributed by atoms with E-state index in [1.54, 1.807) is 18.3 Å². The first-order valence-corrected chi connectivity index (χ1v) is 14.0. The molecule has 1 atom stereocenters. The normalized spacial score (nSPS) is 13.2. The first-order valence-electron chi connectivity index (χ1n) is 13.6. The van der Waals surface area contributed by atoms with Gasteiger partial charge in [0.2, 0.25) is 5.95 Å². The van der Waals surface area contributed by atoms with E-state index in [1.165, 1.54) is 24.5 Å². The molecule has 6 nitrogen and oxygen atoms in total. The summed E-state index contributed by atoms with van der Waals surface area (Å²) in [6.07, 6.45) is 10.7. The first kappa shape index (κ1) is 30.1. The number of aryl methyl sites for hydroxylation is 1. The van der Waals surface area contributed by atoms with Crippen LogP contribution in [0, 0.1) is 18.7 Å². The minimum Gasteiger partial charge on any atom is -0.369 e. The van der Waals surface area contributed by atoms with Gasteiger partial charge in [0.25, 0.3) is 0 Å². The molecule has 3 aromatic rings. The number of rotatable bonds is 11. The van der Waals surface area contributed by atoms with E-state index in [0.29, 0.717) is 28.9 Å². The monoisotopic (exact) mass is 550 g/mol. The van der Waals surface area contributed by atoms with Gasteiger partial charge in [0.05, 0.1) is 16.3 Å². The van der Waals surface area contributed by atoms with E-state index >= 15 is 0 Å². The van der Waals surface area contributed by atoms with E-state index in [2.05, 4.69) is 63.8 Å². The van der Waals surface area contributed by atoms with Gasteiger partial charge in [-0.25, -0.2) is 9.37 Å². The number of benzene rings is 2. The van der Waals surface area contributed by atoms with Gasteiger partial charge in [0.15, 0.2) is 0 Å². The van der Waals surface area contributed by atoms with Gasteiger partial charge in [-0.05, 0) is 56.5 Å². The van der Waals surface area contributed by atoms with Crippen molar-refractivity contribution in [1.29, 1.82) is 0 Å². The van der Waals surface area contributed by atoms with Crippen molar-refractivity contribution in [2.24, 2.45) is 5.92 Å². The number of para-hydroxylation sites is 1. The molecule has 208 valence electrons. The summed E-state index contributed by atoms with van der Waals surface area (Å²) in [4.78, 5) is 9.14. The highest BCUT2D eigenvalue weighted by Crippen LogP contribution is 2.30. The lowest BCUT2D eigenvalue weighted by Gasteiger charge is -2.18. The van der Waals surface area contributed by atoms with Gasteiger partial charge in [-0.1, -0.05) is 80.8 Å². The number of unbranched alkanes of at least 4 members (excludes halogenated alkanes) is 1. The smallest absolute Gasteiger partial charge is 0.229 e. The van der Waals surface area contributed by atoms with Crippen LogP contribution in [0.15, 0.2) is 67.4 Å². The standard InChI is InChI=1S/C26H31ClFN5.C5H9N/c1-5-6-8-18(3)15-29-25-21(19(4)31-24-22(27)9-7-10-23(24)28)16-30-26(33-25)32-20-13-11-17(2)12-14-20;1-2-4-6-5-3-1/h7,9-14,16,18,31H,4-6,8,15H2,1-3H3,(H2,29,30,32,33);1-2,6H,3-5H2. The molecular weight excluding hydrogens is 511 g/mol. The minimum absolute atomic E-state index is 0.174. The highest BCUT2D eigenvalue weighted by molar-refractivity contribution is 6.33. The molecule has 0 saturated carbocycles. The Bertz CT molecular complexity index is 1200. The summed E-state index contributed by atoms with van der Waals surface area (Å²) >= 11 is 6.18. The second-order valence-electron chi connectivity index (χ2n) is 9.74. The van der Waals surface area contributed by atoms with Crippen molar-refractivity contribution in [3.05, 3.63) is 89.4 Å². The van der Waals surface area contributed by atoms with Crippen molar-refractivity contribution in [3.8, 4) is 0 Å². The van der Waals surface area contributed by atoms with Crippen LogP contribution in [0.3, 0.4) is 0 Å². The maximum atomic E-state index is 14.3. The number of hydrogen-bond acceptors (Lipinski definition) is 6. The van der Waals surface area contributed by atoms with Crippen molar-refractivity contribution in [3.63, 3.8) is 0 Å². The summed E-state index contributed by atoms with van der Waals surface area (Å²) in [6.45, 7) is 13.5. The molecule has 1 aromatic heterocycles. The fourth-order valence-corrected chi connectivity index (χ4v) is 4.11. The number of nitrogens with one attached hydrogen (secondary N) is 4. The molecule has 2 aromatic carbocycles. The third kappa shape index (κ3) is 10.0. The largest absolute Gasteiger partial charge is 0.369 e. The average molecular weight is 551 g/mol. The van der Waals surface area contributed by atoms with Gasteiger partial charge in [-0.3, -0.25) is 0 Å². The van der Waals surface area contributed by atoms with Gasteiger partial charge < -0.3 is 21.3 Å². The Hall–Kier alpha value is -3.42. The zero-order chi connectivity index (χ0) is 28.0. The van der Waals surface area contributed by atoms with E-state index < -0.39 is 5.82 Å². The maximum Gasteiger partial charge on any atom is 0.229 e. The molecule has 1 unspecified atom stereocenters. The van der Waals surface area contributed by atoms with Crippen molar-refractivity contribution in [1.82, 2.24) is 15.3 Å². The van der Waals surface area contributed by atoms with Gasteiger partial charge in [0.1, 0.15) is 11.6 Å². The molecule has 4 N–H and O–H groups in total. The molecule has 0 bridgehead atoms. The number of anilines is 4. The van der Waals surface area contributed by atoms with E-state index in [0.717, 1.165) is 38.2 Å². The molecule has 1 aliphatic heterocycles. The lowest BCUT2D eigenvalue weighted by Crippen LogP contribution is -2.17. The summed E-state index contributed by atoms with van der Waals surface area (Å²) < 4.78 is 14.3. The summed E-state index contributed by atoms with van der Waals surface area (Å²) in [5, 5.41) is 13.1. The van der Waals surface area contributed by atoms with Crippen LogP contribution >= 0.6 is 11.6 Å². The number of halogens is 2. The molecule has 0 amide bonds. The lowest BCUT2D eigenvalue weighted by molar-refractivity contribution is 0.528. The fraction of sp³-hybridized carbons (Fsp3) is 0.355. The molecule has 39 heavy (non-hydrogen) atoms. The zero-order valence-electron chi connectivity index (χ0n) is 23.2. The molecule has 1 aliphatic rings. The third-order valence-corrected chi connectivity index (χ3v) is 6.56. The summed E-state index contributed by atoms with van der Waals surface area (Å²) in [5.41, 5.74) is 3.34. The quantitative estimate of drug-likeness (QED) is 0.180. The minimum atomic E-state index is -0.454. The van der Waals surface area contributed by atoms with Gasteiger partial charge in [0, 0.05) is 30.7 Å². The SMILES string of the molecule is C1=CCNCC1.C=C(Nc1c(F)cccc1Cl)c1cnc(Nc2ccc(C)cc2)nc1NCC(C)CCCC. The molecule has 0 aliphatic carbocycles. The Morgan fingerprint density at radius 2 is 1.97 bits per heavy atom. The predicted octanol–water partition coefficient (Wildman–Crippen LogP) is 8.18. The Morgan fingerprint density at radius 1 is 1.18 bits per heavy atom. The Kier molecular flexibility index (Phi) is 12.3. The third-order valence-electron chi connectivity index (χ3n) is 6.25. The summed E-state index contributed by atoms with van der Waals surface area (Å²) in [5.74, 6) is 1.10. The predicted molar refractivity (Wildman–Crippen MR) is 164 cm³/mol. The molecular formula is C31H40ClFN6. The van der Waals surface area contributed by atoms with Gasteiger partial charge in [-0.15, -0.1) is 0 Å². The number of hydrogen-bond donors (Lipinski definition) is 4. The first-order chi connectivity index (χ1) is 18.9. The van der Waals surface area contributed by atoms with E-state index in [4.69, 9.17) is 11.6 Å². The second kappa shape index (κ2) is 15.9. The van der Waals surface area contributed by atoms with Crippen LogP contribution in [0.2, 0.25) is 5.02 Å². The number of aromatic nitrogens is 2. The van der Waals surface area contributed by atoms with E-state index in [-0.39, 0.29) is 10.7 Å². The lowest BCUT2D eigenvalue weighted by atomic mass is 10.0. The molecule has 0 saturated heterocycles. The Labute approximate surface area is 237 Å². The van der Waals surface area contributed by atoms with Crippen molar-refractivity contribution >= 4 is 40.4 Å². The maximum absolute atomic E-state index is 14.3. The summed E-state index contributed by atoms with van der Waals surface area (Å²) in [7, 11) is 0. The average Bonchev–Trinajstić information content (AvgIpc) is 2.95. The number of nitrogens with zero attached hydrogens (tertiary/aromatic N) is 2. The molecule has 2 heterocycles. The Balaban J connectivity index is 0.000000617. The zero-order valence-corrected chi connectivity index (χ0v) is 23.9. The van der Waals surface area contributed by atoms with Crippen LogP contribution in [0.5, 0.6) is 0 Å². The molecule has 4 rings (SSSR count). The fourth-order valence-electron chi connectivity index (χ4n) is 3.90. The van der Waals surface area contributed by atoms with Crippen LogP contribution in [0.25, 0.3) is 5.70 Å². The topological polar surface area (TPSA) is 73.9 Å². The van der Waals surface area contributed by atoms with Crippen LogP contribution in [-0.4, -0.2) is 29.6 Å². The highest BCUT2D eigenvalue weighted by atomic mass is 35.5. The van der Waals surface area contributed by atoms with Crippen molar-refractivity contribution in [2.45, 2.75) is 46.5 Å². The van der Waals surface area contributed by atoms with E-state index in [9.17, 15) is 4.39 Å². The van der Waals surface area contributed by atoms with E-state index in [1.807, 2.05) is 31.2 Å². The van der Waals surface area contributed by atoms with Crippen LogP contribution in [-0.2, 0) is 0 Å². The van der Waals surface area contributed by atoms with Crippen molar-refractivity contribution in [2.75, 3.05) is 35.6 Å². The van der Waals surface area contributed by atoms with Crippen LogP contribution < -0.4 is 21.3 Å². The Morgan fingerprint density at radius 3 is 2.59 bits per heavy atom. The van der Waals surface area contributed by atoms with Gasteiger partial charge in [-0.2, -0.15) is 4.98 Å². The highest BCUT2D eigenvalue weighted by Gasteiger charge is 2.15. The molecule has 0 radical (unpaired) electrons. The van der Waals surface area contributed by atoms with Crippen LogP contribution in [0.1, 0.15) is 50.7 Å². The van der Waals surface area contributed by atoms with Crippen LogP contribution in [0.4, 0.5) is 27.5 Å². The molecule has 0 spiro atoms. The van der Waals surface area contributed by atoms with Gasteiger partial charge >= 0.3 is 0 Å². The second-order valence-corrected chi connectivity index (χ2v) is 10.1. The molecule has 8 heteroatoms. The van der Waals surface area contributed by atoms with Crippen molar-refractivity contribution < 1.29 is 4.39 Å².